The van der Waals surface area contributed by atoms with Gasteiger partial charge in [-0.3, -0.25) is 4.79 Å². The molecule has 0 bridgehead atoms. The average molecular weight is 347 g/mol. The molecular formula is C14H16BrFO4. The fraction of sp³-hybridized carbons (Fsp3) is 0.500. The summed E-state index contributed by atoms with van der Waals surface area (Å²) in [6.07, 6.45) is 3.42. The molecule has 1 aromatic rings. The highest BCUT2D eigenvalue weighted by Gasteiger charge is 2.45. The topological polar surface area (TPSA) is 66.8 Å². The van der Waals surface area contributed by atoms with Gasteiger partial charge in [0.1, 0.15) is 0 Å². The minimum absolute atomic E-state index is 0.0961. The maximum atomic E-state index is 13.6. The number of carboxylic acids is 1. The van der Waals surface area contributed by atoms with Gasteiger partial charge >= 0.3 is 5.97 Å². The van der Waals surface area contributed by atoms with E-state index >= 15 is 0 Å². The number of benzene rings is 1. The number of ether oxygens (including phenoxy) is 1. The van der Waals surface area contributed by atoms with Gasteiger partial charge in [-0.15, -0.1) is 0 Å². The highest BCUT2D eigenvalue weighted by molar-refractivity contribution is 9.10. The van der Waals surface area contributed by atoms with Gasteiger partial charge < -0.3 is 14.9 Å². The van der Waals surface area contributed by atoms with Crippen LogP contribution in [0.5, 0.6) is 11.5 Å². The van der Waals surface area contributed by atoms with E-state index in [4.69, 9.17) is 4.74 Å². The van der Waals surface area contributed by atoms with Crippen molar-refractivity contribution < 1.29 is 24.1 Å². The predicted octanol–water partition coefficient (Wildman–Crippen LogP) is 3.59. The standard InChI is InChI=1S/C14H16BrFO4/c1-20-12-10(8(15)7-9(16)11(12)17)14(13(18)19)5-3-2-4-6-14/h7,17H,2-6H2,1H3,(H,18,19). The zero-order chi connectivity index (χ0) is 14.9. The van der Waals surface area contributed by atoms with Crippen LogP contribution in [0.25, 0.3) is 0 Å². The van der Waals surface area contributed by atoms with Crippen LogP contribution in [0.15, 0.2) is 10.5 Å². The van der Waals surface area contributed by atoms with Gasteiger partial charge in [0.15, 0.2) is 17.3 Å². The van der Waals surface area contributed by atoms with Crippen molar-refractivity contribution in [3.63, 3.8) is 0 Å². The molecule has 1 aliphatic rings. The van der Waals surface area contributed by atoms with E-state index < -0.39 is 23.0 Å². The molecule has 0 heterocycles. The van der Waals surface area contributed by atoms with E-state index in [0.29, 0.717) is 22.9 Å². The van der Waals surface area contributed by atoms with Crippen molar-refractivity contribution in [1.82, 2.24) is 0 Å². The SMILES string of the molecule is COc1c(O)c(F)cc(Br)c1C1(C(=O)O)CCCCC1. The number of rotatable bonds is 3. The minimum Gasteiger partial charge on any atom is -0.502 e. The molecule has 2 rings (SSSR count). The number of aliphatic carboxylic acids is 1. The van der Waals surface area contributed by atoms with Gasteiger partial charge in [-0.2, -0.15) is 0 Å². The zero-order valence-corrected chi connectivity index (χ0v) is 12.7. The van der Waals surface area contributed by atoms with Crippen LogP contribution in [0.2, 0.25) is 0 Å². The number of phenolic OH excluding ortho intramolecular Hbond substituents is 1. The van der Waals surface area contributed by atoms with Crippen LogP contribution < -0.4 is 4.74 Å². The molecule has 0 spiro atoms. The second kappa shape index (κ2) is 5.60. The summed E-state index contributed by atoms with van der Waals surface area (Å²) >= 11 is 3.22. The molecule has 110 valence electrons. The van der Waals surface area contributed by atoms with E-state index in [9.17, 15) is 19.4 Å². The third kappa shape index (κ3) is 2.26. The summed E-state index contributed by atoms with van der Waals surface area (Å²) in [5.41, 5.74) is -0.820. The van der Waals surface area contributed by atoms with Crippen LogP contribution in [0.4, 0.5) is 4.39 Å². The second-order valence-electron chi connectivity index (χ2n) is 5.04. The molecule has 1 aliphatic carbocycles. The molecule has 0 aromatic heterocycles. The lowest BCUT2D eigenvalue weighted by Crippen LogP contribution is -2.38. The first-order valence-corrected chi connectivity index (χ1v) is 7.22. The van der Waals surface area contributed by atoms with Crippen LogP contribution in [-0.2, 0) is 10.2 Å². The number of aromatic hydroxyl groups is 1. The number of phenols is 1. The van der Waals surface area contributed by atoms with Gasteiger partial charge in [0, 0.05) is 10.0 Å². The Hall–Kier alpha value is -1.30. The van der Waals surface area contributed by atoms with Gasteiger partial charge in [0.05, 0.1) is 12.5 Å². The summed E-state index contributed by atoms with van der Waals surface area (Å²) in [5, 5.41) is 19.5. The second-order valence-corrected chi connectivity index (χ2v) is 5.90. The van der Waals surface area contributed by atoms with Crippen molar-refractivity contribution in [2.75, 3.05) is 7.11 Å². The summed E-state index contributed by atoms with van der Waals surface area (Å²) in [7, 11) is 1.29. The normalized spacial score (nSPS) is 17.8. The Labute approximate surface area is 124 Å². The lowest BCUT2D eigenvalue weighted by Gasteiger charge is -2.35. The number of hydrogen-bond acceptors (Lipinski definition) is 3. The van der Waals surface area contributed by atoms with Crippen LogP contribution >= 0.6 is 15.9 Å². The lowest BCUT2D eigenvalue weighted by atomic mass is 9.69. The Morgan fingerprint density at radius 3 is 2.50 bits per heavy atom. The Morgan fingerprint density at radius 1 is 1.40 bits per heavy atom. The largest absolute Gasteiger partial charge is 0.502 e. The van der Waals surface area contributed by atoms with Crippen molar-refractivity contribution in [3.05, 3.63) is 21.9 Å². The highest BCUT2D eigenvalue weighted by atomic mass is 79.9. The maximum absolute atomic E-state index is 13.6. The Morgan fingerprint density at radius 2 is 2.00 bits per heavy atom. The van der Waals surface area contributed by atoms with Gasteiger partial charge in [-0.25, -0.2) is 4.39 Å². The summed E-state index contributed by atoms with van der Waals surface area (Å²) in [6.45, 7) is 0. The Bertz CT molecular complexity index is 538. The molecule has 0 atom stereocenters. The van der Waals surface area contributed by atoms with Gasteiger partial charge in [-0.05, 0) is 18.9 Å². The molecule has 0 aliphatic heterocycles. The predicted molar refractivity (Wildman–Crippen MR) is 74.7 cm³/mol. The summed E-state index contributed by atoms with van der Waals surface area (Å²) < 4.78 is 19.0. The summed E-state index contributed by atoms with van der Waals surface area (Å²) in [5.74, 6) is -2.55. The van der Waals surface area contributed by atoms with Crippen molar-refractivity contribution in [3.8, 4) is 11.5 Å². The molecular weight excluding hydrogens is 331 g/mol. The third-order valence-electron chi connectivity index (χ3n) is 3.96. The molecule has 1 aromatic carbocycles. The molecule has 0 amide bonds. The van der Waals surface area contributed by atoms with Gasteiger partial charge in [-0.1, -0.05) is 35.2 Å². The highest BCUT2D eigenvalue weighted by Crippen LogP contribution is 2.50. The molecule has 0 radical (unpaired) electrons. The molecule has 6 heteroatoms. The fourth-order valence-corrected chi connectivity index (χ4v) is 3.72. The lowest BCUT2D eigenvalue weighted by molar-refractivity contribution is -0.145. The Kier molecular flexibility index (Phi) is 4.22. The van der Waals surface area contributed by atoms with Crippen molar-refractivity contribution >= 4 is 21.9 Å². The van der Waals surface area contributed by atoms with E-state index in [1.54, 1.807) is 0 Å². The molecule has 4 nitrogen and oxygen atoms in total. The number of carbonyl (C=O) groups is 1. The minimum atomic E-state index is -1.15. The zero-order valence-electron chi connectivity index (χ0n) is 11.1. The van der Waals surface area contributed by atoms with Gasteiger partial charge in [0.2, 0.25) is 0 Å². The number of hydrogen-bond donors (Lipinski definition) is 2. The van der Waals surface area contributed by atoms with E-state index in [2.05, 4.69) is 15.9 Å². The van der Waals surface area contributed by atoms with Crippen molar-refractivity contribution in [2.45, 2.75) is 37.5 Å². The number of halogens is 2. The van der Waals surface area contributed by atoms with Gasteiger partial charge in [0.25, 0.3) is 0 Å². The molecule has 1 fully saturated rings. The number of carboxylic acid groups (broad SMARTS) is 1. The Balaban J connectivity index is 2.71. The van der Waals surface area contributed by atoms with Crippen LogP contribution in [0, 0.1) is 5.82 Å². The number of methoxy groups -OCH3 is 1. The first-order valence-electron chi connectivity index (χ1n) is 6.43. The van der Waals surface area contributed by atoms with E-state index in [1.807, 2.05) is 0 Å². The summed E-state index contributed by atoms with van der Waals surface area (Å²) in [6, 6.07) is 1.09. The van der Waals surface area contributed by atoms with Crippen LogP contribution in [0.1, 0.15) is 37.7 Å². The van der Waals surface area contributed by atoms with Crippen molar-refractivity contribution in [2.24, 2.45) is 0 Å². The quantitative estimate of drug-likeness (QED) is 0.877. The smallest absolute Gasteiger partial charge is 0.314 e. The third-order valence-corrected chi connectivity index (χ3v) is 4.59. The van der Waals surface area contributed by atoms with Crippen LogP contribution in [0.3, 0.4) is 0 Å². The van der Waals surface area contributed by atoms with E-state index in [-0.39, 0.29) is 5.75 Å². The molecule has 1 saturated carbocycles. The monoisotopic (exact) mass is 346 g/mol. The molecule has 0 saturated heterocycles. The van der Waals surface area contributed by atoms with Crippen LogP contribution in [-0.4, -0.2) is 23.3 Å². The molecule has 0 unspecified atom stereocenters. The molecule has 20 heavy (non-hydrogen) atoms. The maximum Gasteiger partial charge on any atom is 0.314 e. The van der Waals surface area contributed by atoms with Crippen molar-refractivity contribution in [1.29, 1.82) is 0 Å². The first kappa shape index (κ1) is 15.1. The first-order chi connectivity index (χ1) is 9.44. The fourth-order valence-electron chi connectivity index (χ4n) is 2.96. The molecule has 2 N–H and O–H groups in total. The summed E-state index contributed by atoms with van der Waals surface area (Å²) in [4.78, 5) is 11.8. The van der Waals surface area contributed by atoms with E-state index in [1.165, 1.54) is 7.11 Å². The average Bonchev–Trinajstić information content (AvgIpc) is 2.43. The van der Waals surface area contributed by atoms with E-state index in [0.717, 1.165) is 25.3 Å².